The van der Waals surface area contributed by atoms with Crippen LogP contribution < -0.4 is 5.32 Å². The minimum absolute atomic E-state index is 0.0152. The molecule has 1 aromatic carbocycles. The molecule has 0 saturated carbocycles. The van der Waals surface area contributed by atoms with Gasteiger partial charge in [0, 0.05) is 25.2 Å². The van der Waals surface area contributed by atoms with Crippen LogP contribution >= 0.6 is 0 Å². The number of pyridine rings is 1. The SMILES string of the molecule is C=CCOC(=O)N1CCC(C(=O)NC(c2ccccc2)c2ccccn2)CC1. The monoisotopic (exact) mass is 379 g/mol. The van der Waals surface area contributed by atoms with Crippen LogP contribution in [-0.4, -0.2) is 41.6 Å². The number of piperidine rings is 1. The van der Waals surface area contributed by atoms with Crippen LogP contribution in [-0.2, 0) is 9.53 Å². The summed E-state index contributed by atoms with van der Waals surface area (Å²) < 4.78 is 5.07. The average Bonchev–Trinajstić information content (AvgIpc) is 2.77. The molecule has 1 aliphatic heterocycles. The maximum Gasteiger partial charge on any atom is 0.410 e. The van der Waals surface area contributed by atoms with Crippen LogP contribution in [0.25, 0.3) is 0 Å². The molecule has 0 radical (unpaired) electrons. The molecule has 2 amide bonds. The lowest BCUT2D eigenvalue weighted by Crippen LogP contribution is -2.44. The molecular formula is C22H25N3O3. The molecule has 146 valence electrons. The molecule has 1 atom stereocenters. The average molecular weight is 379 g/mol. The third kappa shape index (κ3) is 4.97. The first kappa shape index (κ1) is 19.6. The van der Waals surface area contributed by atoms with Gasteiger partial charge in [0.1, 0.15) is 6.61 Å². The standard InChI is InChI=1S/C22H25N3O3/c1-2-16-28-22(27)25-14-11-18(12-15-25)21(26)24-20(17-8-4-3-5-9-17)19-10-6-7-13-23-19/h2-10,13,18,20H,1,11-12,14-16H2,(H,24,26). The number of carbonyl (C=O) groups excluding carboxylic acids is 2. The Morgan fingerprint density at radius 3 is 2.54 bits per heavy atom. The molecule has 1 aliphatic rings. The van der Waals surface area contributed by atoms with E-state index in [4.69, 9.17) is 4.74 Å². The highest BCUT2D eigenvalue weighted by Crippen LogP contribution is 2.23. The molecule has 1 unspecified atom stereocenters. The molecule has 1 N–H and O–H groups in total. The Labute approximate surface area is 165 Å². The lowest BCUT2D eigenvalue weighted by Gasteiger charge is -2.31. The van der Waals surface area contributed by atoms with Crippen LogP contribution in [0.15, 0.2) is 67.4 Å². The molecule has 3 rings (SSSR count). The Morgan fingerprint density at radius 2 is 1.89 bits per heavy atom. The lowest BCUT2D eigenvalue weighted by atomic mass is 9.94. The summed E-state index contributed by atoms with van der Waals surface area (Å²) >= 11 is 0. The summed E-state index contributed by atoms with van der Waals surface area (Å²) in [5.41, 5.74) is 1.78. The van der Waals surface area contributed by atoms with Crippen LogP contribution in [0.3, 0.4) is 0 Å². The van der Waals surface area contributed by atoms with Gasteiger partial charge < -0.3 is 15.0 Å². The van der Waals surface area contributed by atoms with E-state index in [0.29, 0.717) is 25.9 Å². The number of hydrogen-bond acceptors (Lipinski definition) is 4. The van der Waals surface area contributed by atoms with E-state index in [1.165, 1.54) is 0 Å². The minimum atomic E-state index is -0.352. The Kier molecular flexibility index (Phi) is 6.78. The highest BCUT2D eigenvalue weighted by molar-refractivity contribution is 5.80. The fraction of sp³-hybridized carbons (Fsp3) is 0.318. The first-order valence-electron chi connectivity index (χ1n) is 9.48. The lowest BCUT2D eigenvalue weighted by molar-refractivity contribution is -0.126. The normalized spacial score (nSPS) is 15.5. The summed E-state index contributed by atoms with van der Waals surface area (Å²) in [6.45, 7) is 4.75. The Morgan fingerprint density at radius 1 is 1.18 bits per heavy atom. The molecule has 1 saturated heterocycles. The molecule has 6 heteroatoms. The van der Waals surface area contributed by atoms with Crippen molar-refractivity contribution in [1.82, 2.24) is 15.2 Å². The third-order valence-corrected chi connectivity index (χ3v) is 4.85. The van der Waals surface area contributed by atoms with Gasteiger partial charge in [0.05, 0.1) is 11.7 Å². The fourth-order valence-electron chi connectivity index (χ4n) is 3.33. The van der Waals surface area contributed by atoms with Crippen molar-refractivity contribution in [3.8, 4) is 0 Å². The Hall–Kier alpha value is -3.15. The Bertz CT molecular complexity index is 748. The highest BCUT2D eigenvalue weighted by Gasteiger charge is 2.29. The fourth-order valence-corrected chi connectivity index (χ4v) is 3.33. The largest absolute Gasteiger partial charge is 0.445 e. The predicted molar refractivity (Wildman–Crippen MR) is 107 cm³/mol. The topological polar surface area (TPSA) is 71.5 Å². The van der Waals surface area contributed by atoms with Gasteiger partial charge in [-0.15, -0.1) is 0 Å². The summed E-state index contributed by atoms with van der Waals surface area (Å²) in [5.74, 6) is -0.156. The van der Waals surface area contributed by atoms with E-state index in [1.807, 2.05) is 48.5 Å². The molecule has 2 aromatic rings. The zero-order chi connectivity index (χ0) is 19.8. The number of hydrogen-bond donors (Lipinski definition) is 1. The maximum atomic E-state index is 12.9. The van der Waals surface area contributed by atoms with E-state index >= 15 is 0 Å². The molecule has 0 aliphatic carbocycles. The van der Waals surface area contributed by atoms with Gasteiger partial charge in [0.2, 0.25) is 5.91 Å². The summed E-state index contributed by atoms with van der Waals surface area (Å²) in [5, 5.41) is 3.15. The first-order valence-corrected chi connectivity index (χ1v) is 9.48. The molecule has 0 bridgehead atoms. The number of ether oxygens (including phenoxy) is 1. The molecule has 1 aromatic heterocycles. The number of nitrogens with zero attached hydrogens (tertiary/aromatic N) is 2. The quantitative estimate of drug-likeness (QED) is 0.782. The zero-order valence-corrected chi connectivity index (χ0v) is 15.8. The van der Waals surface area contributed by atoms with Crippen LogP contribution in [0, 0.1) is 5.92 Å². The summed E-state index contributed by atoms with van der Waals surface area (Å²) in [6, 6.07) is 15.2. The molecule has 0 spiro atoms. The van der Waals surface area contributed by atoms with Gasteiger partial charge in [0.25, 0.3) is 0 Å². The van der Waals surface area contributed by atoms with Crippen molar-refractivity contribution in [2.75, 3.05) is 19.7 Å². The van der Waals surface area contributed by atoms with Gasteiger partial charge in [-0.3, -0.25) is 9.78 Å². The van der Waals surface area contributed by atoms with Gasteiger partial charge in [-0.1, -0.05) is 49.1 Å². The number of nitrogens with one attached hydrogen (secondary N) is 1. The van der Waals surface area contributed by atoms with Crippen molar-refractivity contribution in [3.05, 3.63) is 78.6 Å². The summed E-state index contributed by atoms with van der Waals surface area (Å²) in [7, 11) is 0. The van der Waals surface area contributed by atoms with Gasteiger partial charge in [-0.25, -0.2) is 4.79 Å². The van der Waals surface area contributed by atoms with Gasteiger partial charge in [0.15, 0.2) is 0 Å². The number of likely N-dealkylation sites (tertiary alicyclic amines) is 1. The van der Waals surface area contributed by atoms with E-state index in [1.54, 1.807) is 17.2 Å². The highest BCUT2D eigenvalue weighted by atomic mass is 16.6. The predicted octanol–water partition coefficient (Wildman–Crippen LogP) is 3.32. The molecular weight excluding hydrogens is 354 g/mol. The second kappa shape index (κ2) is 9.69. The number of carbonyl (C=O) groups is 2. The van der Waals surface area contributed by atoms with E-state index in [9.17, 15) is 9.59 Å². The number of aromatic nitrogens is 1. The van der Waals surface area contributed by atoms with Gasteiger partial charge in [-0.05, 0) is 30.5 Å². The van der Waals surface area contributed by atoms with Gasteiger partial charge in [-0.2, -0.15) is 0 Å². The Balaban J connectivity index is 1.63. The molecule has 2 heterocycles. The zero-order valence-electron chi connectivity index (χ0n) is 15.8. The van der Waals surface area contributed by atoms with E-state index in [0.717, 1.165) is 11.3 Å². The minimum Gasteiger partial charge on any atom is -0.445 e. The van der Waals surface area contributed by atoms with Crippen molar-refractivity contribution >= 4 is 12.0 Å². The van der Waals surface area contributed by atoms with E-state index in [-0.39, 0.29) is 30.6 Å². The van der Waals surface area contributed by atoms with Gasteiger partial charge >= 0.3 is 6.09 Å². The molecule has 6 nitrogen and oxygen atoms in total. The van der Waals surface area contributed by atoms with Crippen molar-refractivity contribution in [2.45, 2.75) is 18.9 Å². The second-order valence-corrected chi connectivity index (χ2v) is 6.73. The van der Waals surface area contributed by atoms with Crippen molar-refractivity contribution in [2.24, 2.45) is 5.92 Å². The van der Waals surface area contributed by atoms with E-state index in [2.05, 4.69) is 16.9 Å². The number of benzene rings is 1. The summed E-state index contributed by atoms with van der Waals surface area (Å²) in [6.07, 6.45) is 4.14. The van der Waals surface area contributed by atoms with Crippen molar-refractivity contribution in [3.63, 3.8) is 0 Å². The molecule has 28 heavy (non-hydrogen) atoms. The van der Waals surface area contributed by atoms with Crippen LogP contribution in [0.2, 0.25) is 0 Å². The van der Waals surface area contributed by atoms with Crippen molar-refractivity contribution in [1.29, 1.82) is 0 Å². The number of amides is 2. The van der Waals surface area contributed by atoms with Crippen LogP contribution in [0.4, 0.5) is 4.79 Å². The summed E-state index contributed by atoms with van der Waals surface area (Å²) in [4.78, 5) is 30.9. The van der Waals surface area contributed by atoms with E-state index < -0.39 is 0 Å². The maximum absolute atomic E-state index is 12.9. The van der Waals surface area contributed by atoms with Crippen LogP contribution in [0.1, 0.15) is 30.1 Å². The van der Waals surface area contributed by atoms with Crippen molar-refractivity contribution < 1.29 is 14.3 Å². The second-order valence-electron chi connectivity index (χ2n) is 6.73. The third-order valence-electron chi connectivity index (χ3n) is 4.85. The smallest absolute Gasteiger partial charge is 0.410 e. The van der Waals surface area contributed by atoms with Crippen LogP contribution in [0.5, 0.6) is 0 Å². The first-order chi connectivity index (χ1) is 13.7. The number of rotatable bonds is 6. The molecule has 1 fully saturated rings.